The Balaban J connectivity index is 1.41. The number of hydrogen-bond donors (Lipinski definition) is 0. The summed E-state index contributed by atoms with van der Waals surface area (Å²) < 4.78 is 0. The van der Waals surface area contributed by atoms with Crippen LogP contribution in [0.4, 0.5) is 5.95 Å². The van der Waals surface area contributed by atoms with Crippen molar-refractivity contribution >= 4 is 5.95 Å². The summed E-state index contributed by atoms with van der Waals surface area (Å²) in [5, 5.41) is 0. The summed E-state index contributed by atoms with van der Waals surface area (Å²) in [7, 11) is 2.17. The number of hydrogen-bond acceptors (Lipinski definition) is 5. The first-order chi connectivity index (χ1) is 12.3. The number of likely N-dealkylation sites (tertiary alicyclic amines) is 1. The molecule has 0 N–H and O–H groups in total. The van der Waals surface area contributed by atoms with E-state index in [9.17, 15) is 0 Å². The molecule has 1 aromatic heterocycles. The highest BCUT2D eigenvalue weighted by Crippen LogP contribution is 2.32. The van der Waals surface area contributed by atoms with Crippen LogP contribution in [0.25, 0.3) is 0 Å². The van der Waals surface area contributed by atoms with Crippen LogP contribution < -0.4 is 4.90 Å². The van der Waals surface area contributed by atoms with Gasteiger partial charge in [0.25, 0.3) is 0 Å². The molecule has 1 unspecified atom stereocenters. The van der Waals surface area contributed by atoms with E-state index >= 15 is 0 Å². The lowest BCUT2D eigenvalue weighted by atomic mass is 10.0. The molecule has 2 fully saturated rings. The van der Waals surface area contributed by atoms with Gasteiger partial charge in [-0.05, 0) is 32.0 Å². The lowest BCUT2D eigenvalue weighted by molar-refractivity contribution is 0.248. The van der Waals surface area contributed by atoms with Gasteiger partial charge >= 0.3 is 0 Å². The van der Waals surface area contributed by atoms with Crippen LogP contribution in [0.2, 0.25) is 0 Å². The molecule has 2 saturated heterocycles. The lowest BCUT2D eigenvalue weighted by Crippen LogP contribution is -2.45. The van der Waals surface area contributed by atoms with E-state index in [0.717, 1.165) is 45.2 Å². The highest BCUT2D eigenvalue weighted by molar-refractivity contribution is 5.31. The number of piperazine rings is 1. The van der Waals surface area contributed by atoms with Crippen molar-refractivity contribution in [2.75, 3.05) is 44.7 Å². The molecule has 0 spiro atoms. The van der Waals surface area contributed by atoms with Crippen LogP contribution in [0.5, 0.6) is 0 Å². The monoisotopic (exact) mass is 337 g/mol. The predicted octanol–water partition coefficient (Wildman–Crippen LogP) is 2.57. The fourth-order valence-corrected chi connectivity index (χ4v) is 3.90. The van der Waals surface area contributed by atoms with Crippen LogP contribution >= 0.6 is 0 Å². The molecule has 3 heterocycles. The largest absolute Gasteiger partial charge is 0.338 e. The Morgan fingerprint density at radius 3 is 2.40 bits per heavy atom. The SMILES string of the molecule is CN1CCN(c2ncc(CN3CCCC3c3ccccc3)cn2)CC1. The first-order valence-electron chi connectivity index (χ1n) is 9.33. The first-order valence-corrected chi connectivity index (χ1v) is 9.33. The van der Waals surface area contributed by atoms with Crippen molar-refractivity contribution in [1.82, 2.24) is 19.8 Å². The van der Waals surface area contributed by atoms with Crippen LogP contribution in [-0.2, 0) is 6.54 Å². The topological polar surface area (TPSA) is 35.5 Å². The lowest BCUT2D eigenvalue weighted by Gasteiger charge is -2.32. The molecule has 1 aromatic carbocycles. The second-order valence-corrected chi connectivity index (χ2v) is 7.22. The van der Waals surface area contributed by atoms with Gasteiger partial charge in [0, 0.05) is 56.7 Å². The van der Waals surface area contributed by atoms with Crippen molar-refractivity contribution in [2.45, 2.75) is 25.4 Å². The summed E-state index contributed by atoms with van der Waals surface area (Å²) in [6, 6.07) is 11.4. The molecule has 2 aliphatic rings. The Bertz CT molecular complexity index is 664. The van der Waals surface area contributed by atoms with Crippen molar-refractivity contribution in [3.05, 3.63) is 53.9 Å². The molecule has 25 heavy (non-hydrogen) atoms. The molecule has 5 heteroatoms. The van der Waals surface area contributed by atoms with E-state index in [2.05, 4.69) is 62.0 Å². The van der Waals surface area contributed by atoms with Gasteiger partial charge in [0.2, 0.25) is 5.95 Å². The number of rotatable bonds is 4. The van der Waals surface area contributed by atoms with E-state index in [1.807, 2.05) is 12.4 Å². The van der Waals surface area contributed by atoms with Gasteiger partial charge in [-0.2, -0.15) is 0 Å². The molecule has 2 aromatic rings. The minimum absolute atomic E-state index is 0.526. The van der Waals surface area contributed by atoms with Gasteiger partial charge in [0.15, 0.2) is 0 Å². The summed E-state index contributed by atoms with van der Waals surface area (Å²) in [4.78, 5) is 16.5. The fraction of sp³-hybridized carbons (Fsp3) is 0.500. The maximum absolute atomic E-state index is 4.64. The van der Waals surface area contributed by atoms with E-state index in [0.29, 0.717) is 6.04 Å². The highest BCUT2D eigenvalue weighted by Gasteiger charge is 2.26. The van der Waals surface area contributed by atoms with Gasteiger partial charge in [0.1, 0.15) is 0 Å². The fourth-order valence-electron chi connectivity index (χ4n) is 3.90. The van der Waals surface area contributed by atoms with Gasteiger partial charge < -0.3 is 9.80 Å². The third-order valence-electron chi connectivity index (χ3n) is 5.41. The number of aromatic nitrogens is 2. The zero-order valence-corrected chi connectivity index (χ0v) is 15.0. The van der Waals surface area contributed by atoms with Crippen LogP contribution in [-0.4, -0.2) is 59.5 Å². The standard InChI is InChI=1S/C20H27N5/c1-23-10-12-24(13-11-23)20-21-14-17(15-22-20)16-25-9-5-8-19(25)18-6-3-2-4-7-18/h2-4,6-7,14-15,19H,5,8-13,16H2,1H3. The summed E-state index contributed by atoms with van der Waals surface area (Å²) in [5.41, 5.74) is 2.63. The average molecular weight is 337 g/mol. The van der Waals surface area contributed by atoms with E-state index < -0.39 is 0 Å². The van der Waals surface area contributed by atoms with Gasteiger partial charge in [0.05, 0.1) is 0 Å². The third-order valence-corrected chi connectivity index (χ3v) is 5.41. The molecule has 132 valence electrons. The van der Waals surface area contributed by atoms with Crippen molar-refractivity contribution in [2.24, 2.45) is 0 Å². The van der Waals surface area contributed by atoms with Crippen LogP contribution in [0.1, 0.15) is 30.0 Å². The zero-order chi connectivity index (χ0) is 17.1. The normalized spacial score (nSPS) is 22.4. The highest BCUT2D eigenvalue weighted by atomic mass is 15.3. The Morgan fingerprint density at radius 1 is 0.960 bits per heavy atom. The van der Waals surface area contributed by atoms with E-state index in [1.54, 1.807) is 0 Å². The molecular weight excluding hydrogens is 310 g/mol. The van der Waals surface area contributed by atoms with E-state index in [-0.39, 0.29) is 0 Å². The Kier molecular flexibility index (Phi) is 4.95. The minimum Gasteiger partial charge on any atom is -0.338 e. The molecule has 4 rings (SSSR count). The Labute approximate surface area is 150 Å². The minimum atomic E-state index is 0.526. The molecule has 1 atom stereocenters. The summed E-state index contributed by atoms with van der Waals surface area (Å²) >= 11 is 0. The number of nitrogens with zero attached hydrogens (tertiary/aromatic N) is 5. The second kappa shape index (κ2) is 7.50. The van der Waals surface area contributed by atoms with Crippen LogP contribution in [0.3, 0.4) is 0 Å². The molecule has 0 amide bonds. The predicted molar refractivity (Wildman–Crippen MR) is 101 cm³/mol. The molecule has 2 aliphatic heterocycles. The smallest absolute Gasteiger partial charge is 0.225 e. The van der Waals surface area contributed by atoms with Gasteiger partial charge in [-0.3, -0.25) is 4.90 Å². The molecule has 0 saturated carbocycles. The first kappa shape index (κ1) is 16.5. The van der Waals surface area contributed by atoms with Gasteiger partial charge in [-0.25, -0.2) is 9.97 Å². The number of benzene rings is 1. The maximum Gasteiger partial charge on any atom is 0.225 e. The number of anilines is 1. The number of likely N-dealkylation sites (N-methyl/N-ethyl adjacent to an activating group) is 1. The van der Waals surface area contributed by atoms with Gasteiger partial charge in [-0.15, -0.1) is 0 Å². The average Bonchev–Trinajstić information content (AvgIpc) is 3.12. The van der Waals surface area contributed by atoms with E-state index in [4.69, 9.17) is 0 Å². The van der Waals surface area contributed by atoms with Gasteiger partial charge in [-0.1, -0.05) is 30.3 Å². The molecule has 0 aliphatic carbocycles. The summed E-state index contributed by atoms with van der Waals surface area (Å²) in [6.45, 7) is 6.27. The third kappa shape index (κ3) is 3.83. The van der Waals surface area contributed by atoms with Crippen LogP contribution in [0, 0.1) is 0 Å². The van der Waals surface area contributed by atoms with Crippen LogP contribution in [0.15, 0.2) is 42.7 Å². The van der Waals surface area contributed by atoms with Crippen molar-refractivity contribution in [1.29, 1.82) is 0 Å². The second-order valence-electron chi connectivity index (χ2n) is 7.22. The molecule has 0 bridgehead atoms. The Morgan fingerprint density at radius 2 is 1.68 bits per heavy atom. The van der Waals surface area contributed by atoms with Crippen molar-refractivity contribution in [3.63, 3.8) is 0 Å². The summed E-state index contributed by atoms with van der Waals surface area (Å²) in [5.74, 6) is 0.873. The van der Waals surface area contributed by atoms with Crippen molar-refractivity contribution < 1.29 is 0 Å². The Hall–Kier alpha value is -1.98. The summed E-state index contributed by atoms with van der Waals surface area (Å²) in [6.07, 6.45) is 6.53. The molecular formula is C20H27N5. The maximum atomic E-state index is 4.64. The molecule has 0 radical (unpaired) electrons. The van der Waals surface area contributed by atoms with Crippen molar-refractivity contribution in [3.8, 4) is 0 Å². The quantitative estimate of drug-likeness (QED) is 0.857. The zero-order valence-electron chi connectivity index (χ0n) is 15.0. The molecule has 5 nitrogen and oxygen atoms in total. The van der Waals surface area contributed by atoms with E-state index in [1.165, 1.54) is 24.0 Å².